The Balaban J connectivity index is 1.93. The first-order valence-electron chi connectivity index (χ1n) is 7.55. The van der Waals surface area contributed by atoms with E-state index in [1.165, 1.54) is 25.5 Å². The number of ether oxygens (including phenoxy) is 1. The number of rotatable bonds is 5. The number of hydrogen-bond donors (Lipinski definition) is 0. The van der Waals surface area contributed by atoms with Crippen LogP contribution in [-0.4, -0.2) is 18.5 Å². The summed E-state index contributed by atoms with van der Waals surface area (Å²) in [6, 6.07) is 8.45. The second-order valence-electron chi connectivity index (χ2n) is 5.71. The van der Waals surface area contributed by atoms with Crippen molar-refractivity contribution in [2.45, 2.75) is 55.2 Å². The van der Waals surface area contributed by atoms with Crippen molar-refractivity contribution in [1.82, 2.24) is 0 Å². The van der Waals surface area contributed by atoms with E-state index in [0.29, 0.717) is 24.1 Å². The molecule has 0 heterocycles. The first-order chi connectivity index (χ1) is 10.1. The van der Waals surface area contributed by atoms with Crippen molar-refractivity contribution in [2.24, 2.45) is 0 Å². The van der Waals surface area contributed by atoms with Crippen molar-refractivity contribution in [3.63, 3.8) is 0 Å². The maximum Gasteiger partial charge on any atom is 0.305 e. The summed E-state index contributed by atoms with van der Waals surface area (Å²) >= 11 is 12.6. The lowest BCUT2D eigenvalue weighted by atomic mass is 9.83. The summed E-state index contributed by atoms with van der Waals surface area (Å²) in [5, 5.41) is 0.162. The largest absolute Gasteiger partial charge is 0.469 e. The number of benzene rings is 1. The molecule has 1 aliphatic carbocycles. The molecule has 0 amide bonds. The third-order valence-electron chi connectivity index (χ3n) is 4.21. The number of alkyl halides is 2. The Bertz CT molecular complexity index is 458. The van der Waals surface area contributed by atoms with E-state index in [4.69, 9.17) is 23.2 Å². The Morgan fingerprint density at radius 1 is 1.33 bits per heavy atom. The lowest BCUT2D eigenvalue weighted by molar-refractivity contribution is -0.140. The number of carbonyl (C=O) groups is 1. The van der Waals surface area contributed by atoms with E-state index in [0.717, 1.165) is 18.4 Å². The van der Waals surface area contributed by atoms with Crippen LogP contribution in [-0.2, 0) is 9.53 Å². The molecule has 4 heteroatoms. The van der Waals surface area contributed by atoms with E-state index in [1.54, 1.807) is 0 Å². The highest BCUT2D eigenvalue weighted by atomic mass is 35.5. The molecule has 1 saturated carbocycles. The Hall–Kier alpha value is -0.730. The highest BCUT2D eigenvalue weighted by Crippen LogP contribution is 2.36. The minimum atomic E-state index is -0.215. The number of methoxy groups -OCH3 is 1. The third-order valence-corrected chi connectivity index (χ3v) is 5.08. The average Bonchev–Trinajstić information content (AvgIpc) is 2.52. The SMILES string of the molecule is COC(=O)CCC(Cl)c1ccc(C2CCCC(Cl)C2)cc1. The summed E-state index contributed by atoms with van der Waals surface area (Å²) in [5.74, 6) is 0.353. The Morgan fingerprint density at radius 2 is 2.05 bits per heavy atom. The molecule has 1 aliphatic rings. The molecular formula is C17H22Cl2O2. The van der Waals surface area contributed by atoms with Crippen LogP contribution in [0, 0.1) is 0 Å². The van der Waals surface area contributed by atoms with Crippen LogP contribution in [0.5, 0.6) is 0 Å². The standard InChI is InChI=1S/C17H22Cl2O2/c1-21-17(20)10-9-16(19)13-7-5-12(6-8-13)14-3-2-4-15(18)11-14/h5-8,14-16H,2-4,9-11H2,1H3. The van der Waals surface area contributed by atoms with Crippen LogP contribution >= 0.6 is 23.2 Å². The third kappa shape index (κ3) is 4.89. The van der Waals surface area contributed by atoms with Gasteiger partial charge in [-0.05, 0) is 42.7 Å². The Labute approximate surface area is 136 Å². The van der Waals surface area contributed by atoms with Gasteiger partial charge in [-0.3, -0.25) is 4.79 Å². The topological polar surface area (TPSA) is 26.3 Å². The molecule has 1 aromatic rings. The molecule has 21 heavy (non-hydrogen) atoms. The van der Waals surface area contributed by atoms with Crippen LogP contribution in [0.4, 0.5) is 0 Å². The molecule has 116 valence electrons. The van der Waals surface area contributed by atoms with E-state index in [2.05, 4.69) is 29.0 Å². The Kier molecular flexibility index (Phi) is 6.38. The zero-order chi connectivity index (χ0) is 15.2. The summed E-state index contributed by atoms with van der Waals surface area (Å²) < 4.78 is 4.63. The summed E-state index contributed by atoms with van der Waals surface area (Å²) in [6.45, 7) is 0. The van der Waals surface area contributed by atoms with Crippen LogP contribution in [0.3, 0.4) is 0 Å². The average molecular weight is 329 g/mol. The molecule has 0 bridgehead atoms. The molecule has 3 atom stereocenters. The fourth-order valence-electron chi connectivity index (χ4n) is 2.92. The van der Waals surface area contributed by atoms with E-state index in [9.17, 15) is 4.79 Å². The summed E-state index contributed by atoms with van der Waals surface area (Å²) in [6.07, 6.45) is 5.57. The van der Waals surface area contributed by atoms with Crippen LogP contribution in [0.2, 0.25) is 0 Å². The van der Waals surface area contributed by atoms with Crippen molar-refractivity contribution < 1.29 is 9.53 Å². The van der Waals surface area contributed by atoms with Gasteiger partial charge in [0.2, 0.25) is 0 Å². The highest BCUT2D eigenvalue weighted by molar-refractivity contribution is 6.21. The molecule has 2 nitrogen and oxygen atoms in total. The molecular weight excluding hydrogens is 307 g/mol. The maximum absolute atomic E-state index is 11.1. The second-order valence-corrected chi connectivity index (χ2v) is 6.85. The van der Waals surface area contributed by atoms with Gasteiger partial charge in [-0.2, -0.15) is 0 Å². The molecule has 1 aromatic carbocycles. The van der Waals surface area contributed by atoms with Gasteiger partial charge >= 0.3 is 5.97 Å². The fourth-order valence-corrected chi connectivity index (χ4v) is 3.55. The van der Waals surface area contributed by atoms with Gasteiger partial charge in [0.1, 0.15) is 0 Å². The molecule has 0 saturated heterocycles. The first kappa shape index (κ1) is 16.6. The molecule has 0 N–H and O–H groups in total. The zero-order valence-electron chi connectivity index (χ0n) is 12.4. The smallest absolute Gasteiger partial charge is 0.305 e. The molecule has 3 unspecified atom stereocenters. The van der Waals surface area contributed by atoms with Crippen molar-refractivity contribution in [2.75, 3.05) is 7.11 Å². The van der Waals surface area contributed by atoms with Crippen LogP contribution < -0.4 is 0 Å². The second kappa shape index (κ2) is 8.05. The van der Waals surface area contributed by atoms with Gasteiger partial charge < -0.3 is 4.74 Å². The Morgan fingerprint density at radius 3 is 2.67 bits per heavy atom. The van der Waals surface area contributed by atoms with Crippen molar-refractivity contribution in [1.29, 1.82) is 0 Å². The fraction of sp³-hybridized carbons (Fsp3) is 0.588. The summed E-state index contributed by atoms with van der Waals surface area (Å²) in [4.78, 5) is 11.1. The lowest BCUT2D eigenvalue weighted by Gasteiger charge is -2.26. The van der Waals surface area contributed by atoms with Gasteiger partial charge in [0.25, 0.3) is 0 Å². The van der Waals surface area contributed by atoms with Gasteiger partial charge in [-0.15, -0.1) is 23.2 Å². The van der Waals surface area contributed by atoms with E-state index in [1.807, 2.05) is 0 Å². The van der Waals surface area contributed by atoms with Crippen molar-refractivity contribution in [3.8, 4) is 0 Å². The lowest BCUT2D eigenvalue weighted by Crippen LogP contribution is -2.13. The molecule has 0 aromatic heterocycles. The van der Waals surface area contributed by atoms with Gasteiger partial charge in [0.15, 0.2) is 0 Å². The molecule has 0 aliphatic heterocycles. The predicted octanol–water partition coefficient (Wildman–Crippen LogP) is 5.18. The molecule has 0 spiro atoms. The number of hydrogen-bond acceptors (Lipinski definition) is 2. The maximum atomic E-state index is 11.1. The predicted molar refractivity (Wildman–Crippen MR) is 87.1 cm³/mol. The quantitative estimate of drug-likeness (QED) is 0.549. The summed E-state index contributed by atoms with van der Waals surface area (Å²) in [5.41, 5.74) is 2.41. The van der Waals surface area contributed by atoms with E-state index in [-0.39, 0.29) is 11.3 Å². The van der Waals surface area contributed by atoms with Crippen LogP contribution in [0.15, 0.2) is 24.3 Å². The van der Waals surface area contributed by atoms with Gasteiger partial charge in [0.05, 0.1) is 12.5 Å². The van der Waals surface area contributed by atoms with Crippen LogP contribution in [0.1, 0.15) is 60.9 Å². The first-order valence-corrected chi connectivity index (χ1v) is 8.42. The van der Waals surface area contributed by atoms with Crippen molar-refractivity contribution in [3.05, 3.63) is 35.4 Å². The highest BCUT2D eigenvalue weighted by Gasteiger charge is 2.21. The molecule has 2 rings (SSSR count). The molecule has 1 fully saturated rings. The normalized spacial score (nSPS) is 23.6. The monoisotopic (exact) mass is 328 g/mol. The number of halogens is 2. The summed E-state index contributed by atoms with van der Waals surface area (Å²) in [7, 11) is 1.40. The van der Waals surface area contributed by atoms with Crippen LogP contribution in [0.25, 0.3) is 0 Å². The van der Waals surface area contributed by atoms with E-state index >= 15 is 0 Å². The minimum Gasteiger partial charge on any atom is -0.469 e. The zero-order valence-corrected chi connectivity index (χ0v) is 13.9. The van der Waals surface area contributed by atoms with Gasteiger partial charge in [-0.1, -0.05) is 30.7 Å². The molecule has 0 radical (unpaired) electrons. The number of carbonyl (C=O) groups excluding carboxylic acids is 1. The van der Waals surface area contributed by atoms with Gasteiger partial charge in [0, 0.05) is 11.8 Å². The van der Waals surface area contributed by atoms with Gasteiger partial charge in [-0.25, -0.2) is 0 Å². The van der Waals surface area contributed by atoms with Crippen molar-refractivity contribution >= 4 is 29.2 Å². The van der Waals surface area contributed by atoms with E-state index < -0.39 is 0 Å². The number of esters is 1. The minimum absolute atomic E-state index is 0.148.